The van der Waals surface area contributed by atoms with E-state index in [-0.39, 0.29) is 0 Å². The molecule has 0 N–H and O–H groups in total. The molecule has 0 aromatic heterocycles. The fourth-order valence-corrected chi connectivity index (χ4v) is 0.785. The van der Waals surface area contributed by atoms with E-state index in [9.17, 15) is 4.79 Å². The third kappa shape index (κ3) is 0.928. The van der Waals surface area contributed by atoms with Gasteiger partial charge in [0.2, 0.25) is 0 Å². The van der Waals surface area contributed by atoms with Gasteiger partial charge in [0, 0.05) is 0 Å². The van der Waals surface area contributed by atoms with Crippen molar-refractivity contribution in [3.8, 4) is 0 Å². The predicted molar refractivity (Wildman–Crippen MR) is 28.5 cm³/mol. The Balaban J connectivity index is 2.42. The van der Waals surface area contributed by atoms with E-state index < -0.39 is 0 Å². The molecule has 4 heteroatoms. The summed E-state index contributed by atoms with van der Waals surface area (Å²) < 4.78 is 0. The highest BCUT2D eigenvalue weighted by atomic mass is 32.2. The van der Waals surface area contributed by atoms with Crippen LogP contribution < -0.4 is 0 Å². The smallest absolute Gasteiger partial charge is 0.261 e. The molecule has 0 saturated carbocycles. The molecule has 1 amide bonds. The first-order chi connectivity index (χ1) is 3.43. The van der Waals surface area contributed by atoms with Gasteiger partial charge in [-0.2, -0.15) is 5.10 Å². The minimum atomic E-state index is 0.615. The minimum Gasteiger partial charge on any atom is -0.261 e. The lowest BCUT2D eigenvalue weighted by Gasteiger charge is -1.95. The van der Waals surface area contributed by atoms with Crippen LogP contribution in [0.2, 0.25) is 0 Å². The molecule has 0 unspecified atom stereocenters. The minimum absolute atomic E-state index is 0.615. The second kappa shape index (κ2) is 1.97. The summed E-state index contributed by atoms with van der Waals surface area (Å²) in [6.07, 6.45) is 1.63. The van der Waals surface area contributed by atoms with Crippen LogP contribution in [-0.4, -0.2) is 22.8 Å². The lowest BCUT2D eigenvalue weighted by Crippen LogP contribution is -2.08. The zero-order valence-electron chi connectivity index (χ0n) is 3.50. The largest absolute Gasteiger partial charge is 0.334 e. The van der Waals surface area contributed by atoms with Crippen molar-refractivity contribution in [3.05, 3.63) is 0 Å². The number of hydrogen-bond donors (Lipinski definition) is 0. The van der Waals surface area contributed by atoms with E-state index in [2.05, 4.69) is 5.10 Å². The molecule has 1 rings (SSSR count). The maximum atomic E-state index is 9.68. The van der Waals surface area contributed by atoms with Crippen LogP contribution in [0.25, 0.3) is 0 Å². The van der Waals surface area contributed by atoms with E-state index in [0.29, 0.717) is 5.88 Å². The van der Waals surface area contributed by atoms with Gasteiger partial charge in [-0.25, -0.2) is 5.01 Å². The second-order valence-electron chi connectivity index (χ2n) is 1.01. The Morgan fingerprint density at radius 3 is 3.14 bits per heavy atom. The Morgan fingerprint density at radius 2 is 2.86 bits per heavy atom. The lowest BCUT2D eigenvalue weighted by molar-refractivity contribution is 0.448. The normalized spacial score (nSPS) is 18.0. The first-order valence-electron chi connectivity index (χ1n) is 1.73. The molecule has 0 bridgehead atoms. The van der Waals surface area contributed by atoms with E-state index in [1.807, 2.05) is 0 Å². The number of rotatable bonds is 1. The van der Waals surface area contributed by atoms with Gasteiger partial charge in [-0.3, -0.25) is 4.79 Å². The molecule has 1 aliphatic heterocycles. The molecule has 0 aromatic carbocycles. The molecule has 1 heterocycles. The highest BCUT2D eigenvalue weighted by Crippen LogP contribution is 2.05. The van der Waals surface area contributed by atoms with Crippen molar-refractivity contribution in [2.24, 2.45) is 5.10 Å². The van der Waals surface area contributed by atoms with Gasteiger partial charge in [-0.15, -0.1) is 0 Å². The van der Waals surface area contributed by atoms with Crippen molar-refractivity contribution in [2.45, 2.75) is 0 Å². The van der Waals surface area contributed by atoms with Gasteiger partial charge in [0.1, 0.15) is 0 Å². The molecule has 1 radical (unpaired) electrons. The second-order valence-corrected chi connectivity index (χ2v) is 1.81. The summed E-state index contributed by atoms with van der Waals surface area (Å²) >= 11 is 1.48. The van der Waals surface area contributed by atoms with Crippen LogP contribution in [0.1, 0.15) is 0 Å². The molecule has 0 saturated heterocycles. The van der Waals surface area contributed by atoms with Gasteiger partial charge in [0.15, 0.2) is 0 Å². The quantitative estimate of drug-likeness (QED) is 0.482. The molecule has 0 fully saturated rings. The van der Waals surface area contributed by atoms with Crippen LogP contribution in [0.3, 0.4) is 0 Å². The fraction of sp³-hybridized carbons (Fsp3) is 0.333. The molecule has 0 aromatic rings. The number of thioether (sulfide) groups is 1. The van der Waals surface area contributed by atoms with E-state index >= 15 is 0 Å². The van der Waals surface area contributed by atoms with Crippen molar-refractivity contribution < 1.29 is 4.79 Å². The fourth-order valence-electron chi connectivity index (χ4n) is 0.277. The molecule has 7 heavy (non-hydrogen) atoms. The molecule has 1 aliphatic rings. The van der Waals surface area contributed by atoms with Gasteiger partial charge in [-0.05, 0) is 0 Å². The Morgan fingerprint density at radius 1 is 2.00 bits per heavy atom. The maximum Gasteiger partial charge on any atom is 0.334 e. The third-order valence-corrected chi connectivity index (χ3v) is 1.20. The third-order valence-electron chi connectivity index (χ3n) is 0.563. The van der Waals surface area contributed by atoms with Crippen LogP contribution in [0.15, 0.2) is 5.10 Å². The zero-order valence-corrected chi connectivity index (χ0v) is 4.31. The van der Waals surface area contributed by atoms with E-state index in [1.165, 1.54) is 16.8 Å². The predicted octanol–water partition coefficient (Wildman–Crippen LogP) is 0.00320. The molecule has 0 atom stereocenters. The lowest BCUT2D eigenvalue weighted by atomic mass is 11.1. The number of carbonyl (C=O) groups excluding carboxylic acids is 1. The van der Waals surface area contributed by atoms with Crippen LogP contribution >= 0.6 is 11.8 Å². The number of amides is 1. The molecule has 3 nitrogen and oxygen atoms in total. The van der Waals surface area contributed by atoms with Crippen LogP contribution in [0, 0.1) is 0 Å². The summed E-state index contributed by atoms with van der Waals surface area (Å²) in [6, 6.07) is 0. The number of hydrogen-bond acceptors (Lipinski definition) is 3. The Kier molecular flexibility index (Phi) is 1.31. The SMILES string of the molecule is O=[C]N1CSC=N1. The van der Waals surface area contributed by atoms with Gasteiger partial charge in [-0.1, -0.05) is 11.8 Å². The Labute approximate surface area is 45.4 Å². The van der Waals surface area contributed by atoms with Crippen LogP contribution in [0.5, 0.6) is 0 Å². The van der Waals surface area contributed by atoms with Gasteiger partial charge >= 0.3 is 6.41 Å². The molecule has 37 valence electrons. The standard InChI is InChI=1S/C3H3N2OS/c6-2-5-3-7-1-4-5/h1H,3H2. The number of nitrogens with zero attached hydrogens (tertiary/aromatic N) is 2. The monoisotopic (exact) mass is 115 g/mol. The Bertz CT molecular complexity index is 103. The summed E-state index contributed by atoms with van der Waals surface area (Å²) in [4.78, 5) is 9.68. The van der Waals surface area contributed by atoms with Gasteiger partial charge < -0.3 is 0 Å². The van der Waals surface area contributed by atoms with E-state index in [0.717, 1.165) is 0 Å². The molecule has 0 aliphatic carbocycles. The molecular formula is C3H3N2OS. The summed E-state index contributed by atoms with van der Waals surface area (Å²) in [6.45, 7) is 0. The number of hydrazone groups is 1. The van der Waals surface area contributed by atoms with Crippen molar-refractivity contribution in [1.82, 2.24) is 5.01 Å². The van der Waals surface area contributed by atoms with E-state index in [1.54, 1.807) is 12.0 Å². The maximum absolute atomic E-state index is 9.68. The first kappa shape index (κ1) is 4.64. The first-order valence-corrected chi connectivity index (χ1v) is 2.78. The zero-order chi connectivity index (χ0) is 5.11. The highest BCUT2D eigenvalue weighted by Gasteiger charge is 2.02. The summed E-state index contributed by atoms with van der Waals surface area (Å²) in [5.74, 6) is 0.615. The summed E-state index contributed by atoms with van der Waals surface area (Å²) in [5, 5.41) is 4.81. The van der Waals surface area contributed by atoms with Crippen molar-refractivity contribution in [2.75, 3.05) is 5.88 Å². The average Bonchev–Trinajstić information content (AvgIpc) is 2.14. The average molecular weight is 115 g/mol. The van der Waals surface area contributed by atoms with Crippen molar-refractivity contribution in [1.29, 1.82) is 0 Å². The van der Waals surface area contributed by atoms with E-state index in [4.69, 9.17) is 0 Å². The topological polar surface area (TPSA) is 32.7 Å². The highest BCUT2D eigenvalue weighted by molar-refractivity contribution is 8.12. The Hall–Kier alpha value is -0.510. The van der Waals surface area contributed by atoms with Crippen molar-refractivity contribution in [3.63, 3.8) is 0 Å². The van der Waals surface area contributed by atoms with Crippen LogP contribution in [0.4, 0.5) is 0 Å². The van der Waals surface area contributed by atoms with Crippen LogP contribution in [-0.2, 0) is 4.79 Å². The van der Waals surface area contributed by atoms with Crippen molar-refractivity contribution >= 4 is 23.7 Å². The molecular weight excluding hydrogens is 112 g/mol. The summed E-state index contributed by atoms with van der Waals surface area (Å²) in [5.41, 5.74) is 1.62. The molecule has 0 spiro atoms. The van der Waals surface area contributed by atoms with Gasteiger partial charge in [0.05, 0.1) is 11.4 Å². The summed E-state index contributed by atoms with van der Waals surface area (Å²) in [7, 11) is 0. The van der Waals surface area contributed by atoms with Gasteiger partial charge in [0.25, 0.3) is 0 Å².